The van der Waals surface area contributed by atoms with Crippen LogP contribution in [0.3, 0.4) is 0 Å². The molecule has 3 nitrogen and oxygen atoms in total. The number of hydrogen-bond donors (Lipinski definition) is 1. The van der Waals surface area contributed by atoms with E-state index in [2.05, 4.69) is 11.7 Å². The van der Waals surface area contributed by atoms with Gasteiger partial charge in [0.2, 0.25) is 5.67 Å². The van der Waals surface area contributed by atoms with Crippen LogP contribution in [0, 0.1) is 0 Å². The molecule has 0 aromatic carbocycles. The van der Waals surface area contributed by atoms with E-state index in [-0.39, 0.29) is 0 Å². The number of allylic oxidation sites excluding steroid dienone is 1. The van der Waals surface area contributed by atoms with Crippen LogP contribution in [-0.2, 0) is 4.79 Å². The molecule has 1 N–H and O–H groups in total. The zero-order valence-corrected chi connectivity index (χ0v) is 6.86. The Bertz CT molecular complexity index is 309. The molecular formula is C7H6F4N2O. The normalized spacial score (nSPS) is 27.1. The second kappa shape index (κ2) is 3.07. The van der Waals surface area contributed by atoms with Crippen molar-refractivity contribution in [2.45, 2.75) is 18.3 Å². The van der Waals surface area contributed by atoms with Crippen LogP contribution in [0.1, 0.15) is 6.42 Å². The molecule has 1 heterocycles. The van der Waals surface area contributed by atoms with Crippen molar-refractivity contribution in [3.63, 3.8) is 0 Å². The van der Waals surface area contributed by atoms with Gasteiger partial charge in [-0.2, -0.15) is 18.3 Å². The Balaban J connectivity index is 3.08. The van der Waals surface area contributed by atoms with Crippen LogP contribution in [0.5, 0.6) is 0 Å². The highest BCUT2D eigenvalue weighted by Crippen LogP contribution is 2.33. The third-order valence-electron chi connectivity index (χ3n) is 1.70. The van der Waals surface area contributed by atoms with Gasteiger partial charge in [0.25, 0.3) is 5.91 Å². The average molecular weight is 210 g/mol. The Morgan fingerprint density at radius 3 is 2.57 bits per heavy atom. The maximum absolute atomic E-state index is 13.5. The smallest absolute Gasteiger partial charge is 0.269 e. The van der Waals surface area contributed by atoms with E-state index in [1.165, 1.54) is 5.43 Å². The largest absolute Gasteiger partial charge is 0.434 e. The number of hydrazone groups is 1. The van der Waals surface area contributed by atoms with Gasteiger partial charge in [0, 0.05) is 6.42 Å². The molecule has 14 heavy (non-hydrogen) atoms. The number of alkyl halides is 4. The highest BCUT2D eigenvalue weighted by molar-refractivity contribution is 6.17. The van der Waals surface area contributed by atoms with Crippen molar-refractivity contribution in [2.75, 3.05) is 0 Å². The second-order valence-corrected chi connectivity index (χ2v) is 2.69. The van der Waals surface area contributed by atoms with Crippen molar-refractivity contribution < 1.29 is 22.4 Å². The number of halogens is 4. The Kier molecular flexibility index (Phi) is 2.34. The summed E-state index contributed by atoms with van der Waals surface area (Å²) in [5.41, 5.74) is -3.44. The van der Waals surface area contributed by atoms with Crippen molar-refractivity contribution in [1.82, 2.24) is 5.43 Å². The fourth-order valence-corrected chi connectivity index (χ4v) is 1.07. The van der Waals surface area contributed by atoms with Crippen LogP contribution in [0.25, 0.3) is 0 Å². The lowest BCUT2D eigenvalue weighted by molar-refractivity contribution is -0.129. The first-order valence-electron chi connectivity index (χ1n) is 3.58. The molecule has 7 heteroatoms. The molecule has 1 aliphatic heterocycles. The summed E-state index contributed by atoms with van der Waals surface area (Å²) in [5, 5.41) is 2.63. The lowest BCUT2D eigenvalue weighted by Gasteiger charge is -2.18. The summed E-state index contributed by atoms with van der Waals surface area (Å²) in [6, 6.07) is 0. The third-order valence-corrected chi connectivity index (χ3v) is 1.70. The number of carbonyl (C=O) groups excluding carboxylic acids is 1. The minimum atomic E-state index is -4.96. The highest BCUT2D eigenvalue weighted by Gasteiger charge is 2.58. The van der Waals surface area contributed by atoms with Gasteiger partial charge in [-0.25, -0.2) is 9.82 Å². The van der Waals surface area contributed by atoms with Crippen LogP contribution >= 0.6 is 0 Å². The van der Waals surface area contributed by atoms with Crippen molar-refractivity contribution in [1.29, 1.82) is 0 Å². The Morgan fingerprint density at radius 2 is 2.14 bits per heavy atom. The molecule has 0 bridgehead atoms. The molecule has 0 aromatic heterocycles. The van der Waals surface area contributed by atoms with Crippen LogP contribution in [0.4, 0.5) is 17.6 Å². The summed E-state index contributed by atoms with van der Waals surface area (Å²) in [6.07, 6.45) is -4.82. The first-order chi connectivity index (χ1) is 6.32. The van der Waals surface area contributed by atoms with Crippen LogP contribution < -0.4 is 5.43 Å². The monoisotopic (exact) mass is 210 g/mol. The molecule has 0 spiro atoms. The lowest BCUT2D eigenvalue weighted by atomic mass is 9.95. The van der Waals surface area contributed by atoms with Gasteiger partial charge in [0.1, 0.15) is 0 Å². The third kappa shape index (κ3) is 1.49. The van der Waals surface area contributed by atoms with Crippen LogP contribution in [-0.4, -0.2) is 23.5 Å². The molecule has 1 unspecified atom stereocenters. The maximum Gasteiger partial charge on any atom is 0.434 e. The molecule has 0 aromatic rings. The van der Waals surface area contributed by atoms with E-state index in [0.29, 0.717) is 0 Å². The Morgan fingerprint density at radius 1 is 1.57 bits per heavy atom. The van der Waals surface area contributed by atoms with Crippen molar-refractivity contribution in [3.8, 4) is 0 Å². The summed E-state index contributed by atoms with van der Waals surface area (Å²) in [5.74, 6) is -1.41. The molecule has 1 aliphatic rings. The van der Waals surface area contributed by atoms with E-state index in [1.807, 2.05) is 0 Å². The summed E-state index contributed by atoms with van der Waals surface area (Å²) < 4.78 is 50.0. The fraction of sp³-hybridized carbons (Fsp3) is 0.429. The number of amides is 1. The van der Waals surface area contributed by atoms with Gasteiger partial charge in [-0.15, -0.1) is 6.58 Å². The number of rotatable bonds is 2. The van der Waals surface area contributed by atoms with Gasteiger partial charge in [-0.3, -0.25) is 4.79 Å². The average Bonchev–Trinajstić information content (AvgIpc) is 2.28. The quantitative estimate of drug-likeness (QED) is 0.542. The zero-order chi connectivity index (χ0) is 11.0. The number of hydrogen-bond acceptors (Lipinski definition) is 2. The van der Waals surface area contributed by atoms with E-state index in [9.17, 15) is 22.4 Å². The van der Waals surface area contributed by atoms with Gasteiger partial charge in [0.15, 0.2) is 5.71 Å². The van der Waals surface area contributed by atoms with Crippen molar-refractivity contribution in [2.24, 2.45) is 5.10 Å². The standard InChI is InChI=1S/C7H6F4N2O/c1-2-3-6(8)4(7(9,10)11)12-13-5(6)14/h2H,1,3H2,(H,13,14). The predicted molar refractivity (Wildman–Crippen MR) is 40.3 cm³/mol. The molecule has 1 rings (SSSR count). The molecule has 0 saturated heterocycles. The predicted octanol–water partition coefficient (Wildman–Crippen LogP) is 1.32. The number of carbonyl (C=O) groups is 1. The number of nitrogens with one attached hydrogen (secondary N) is 1. The van der Waals surface area contributed by atoms with Gasteiger partial charge in [-0.1, -0.05) is 6.08 Å². The molecule has 1 amide bonds. The minimum absolute atomic E-state index is 0.753. The van der Waals surface area contributed by atoms with Crippen LogP contribution in [0.2, 0.25) is 0 Å². The summed E-state index contributed by atoms with van der Waals surface area (Å²) in [7, 11) is 0. The summed E-state index contributed by atoms with van der Waals surface area (Å²) in [4.78, 5) is 10.8. The lowest BCUT2D eigenvalue weighted by Crippen LogP contribution is -2.46. The molecule has 0 aliphatic carbocycles. The molecule has 0 saturated carbocycles. The molecule has 78 valence electrons. The summed E-state index contributed by atoms with van der Waals surface area (Å²) in [6.45, 7) is 3.08. The van der Waals surface area contributed by atoms with Crippen LogP contribution in [0.15, 0.2) is 17.8 Å². The molecular weight excluding hydrogens is 204 g/mol. The van der Waals surface area contributed by atoms with E-state index < -0.39 is 29.9 Å². The molecule has 0 fully saturated rings. The van der Waals surface area contributed by atoms with Crippen molar-refractivity contribution in [3.05, 3.63) is 12.7 Å². The first-order valence-corrected chi connectivity index (χ1v) is 3.58. The van der Waals surface area contributed by atoms with E-state index in [4.69, 9.17) is 0 Å². The fourth-order valence-electron chi connectivity index (χ4n) is 1.07. The van der Waals surface area contributed by atoms with E-state index >= 15 is 0 Å². The second-order valence-electron chi connectivity index (χ2n) is 2.69. The molecule has 0 radical (unpaired) electrons. The topological polar surface area (TPSA) is 41.5 Å². The van der Waals surface area contributed by atoms with Crippen molar-refractivity contribution >= 4 is 11.6 Å². The van der Waals surface area contributed by atoms with Gasteiger partial charge in [-0.05, 0) is 0 Å². The molecule has 1 atom stereocenters. The Hall–Kier alpha value is -1.40. The Labute approximate surface area is 76.5 Å². The SMILES string of the molecule is C=CCC1(F)C(=O)NN=C1C(F)(F)F. The first kappa shape index (κ1) is 10.7. The minimum Gasteiger partial charge on any atom is -0.269 e. The highest BCUT2D eigenvalue weighted by atomic mass is 19.4. The summed E-state index contributed by atoms with van der Waals surface area (Å²) >= 11 is 0. The van der Waals surface area contributed by atoms with Gasteiger partial charge < -0.3 is 0 Å². The van der Waals surface area contributed by atoms with E-state index in [1.54, 1.807) is 0 Å². The van der Waals surface area contributed by atoms with Gasteiger partial charge >= 0.3 is 6.18 Å². The zero-order valence-electron chi connectivity index (χ0n) is 6.86. The van der Waals surface area contributed by atoms with E-state index in [0.717, 1.165) is 6.08 Å². The van der Waals surface area contributed by atoms with Gasteiger partial charge in [0.05, 0.1) is 0 Å². The number of nitrogens with zero attached hydrogens (tertiary/aromatic N) is 1. The maximum atomic E-state index is 13.5.